The van der Waals surface area contributed by atoms with E-state index in [-0.39, 0.29) is 23.9 Å². The van der Waals surface area contributed by atoms with Gasteiger partial charge >= 0.3 is 5.97 Å². The summed E-state index contributed by atoms with van der Waals surface area (Å²) in [7, 11) is 0. The number of thioether (sulfide) groups is 2. The molecule has 2 aromatic rings. The predicted octanol–water partition coefficient (Wildman–Crippen LogP) is 1.53. The fourth-order valence-electron chi connectivity index (χ4n) is 3.23. The first-order chi connectivity index (χ1) is 15.3. The summed E-state index contributed by atoms with van der Waals surface area (Å²) in [6.45, 7) is 1.35. The number of carbonyl (C=O) groups is 4. The molecule has 0 spiro atoms. The van der Waals surface area contributed by atoms with Crippen molar-refractivity contribution in [3.05, 3.63) is 46.5 Å². The van der Waals surface area contributed by atoms with Crippen LogP contribution in [0.3, 0.4) is 0 Å². The van der Waals surface area contributed by atoms with Gasteiger partial charge in [-0.15, -0.1) is 22.0 Å². The van der Waals surface area contributed by atoms with Crippen LogP contribution in [-0.4, -0.2) is 61.1 Å². The van der Waals surface area contributed by atoms with E-state index in [0.29, 0.717) is 20.1 Å². The number of nitrogens with one attached hydrogen (secondary N) is 2. The van der Waals surface area contributed by atoms with Gasteiger partial charge in [0.2, 0.25) is 16.9 Å². The summed E-state index contributed by atoms with van der Waals surface area (Å²) in [4.78, 5) is 49.9. The zero-order chi connectivity index (χ0) is 22.8. The Morgan fingerprint density at radius 1 is 1.25 bits per heavy atom. The molecule has 32 heavy (non-hydrogen) atoms. The van der Waals surface area contributed by atoms with E-state index in [1.807, 2.05) is 30.3 Å². The first-order valence-corrected chi connectivity index (χ1v) is 12.0. The normalized spacial score (nSPS) is 19.8. The minimum atomic E-state index is -1.23. The molecule has 0 aliphatic carbocycles. The van der Waals surface area contributed by atoms with Crippen LogP contribution < -0.4 is 10.6 Å². The van der Waals surface area contributed by atoms with Gasteiger partial charge in [0, 0.05) is 17.6 Å². The number of anilines is 1. The first kappa shape index (κ1) is 22.3. The van der Waals surface area contributed by atoms with Crippen molar-refractivity contribution in [3.63, 3.8) is 0 Å². The van der Waals surface area contributed by atoms with E-state index in [0.717, 1.165) is 28.7 Å². The summed E-state index contributed by atoms with van der Waals surface area (Å²) >= 11 is 3.58. The Kier molecular flexibility index (Phi) is 6.48. The molecule has 2 atom stereocenters. The van der Waals surface area contributed by atoms with E-state index in [9.17, 15) is 24.3 Å². The lowest BCUT2D eigenvalue weighted by Gasteiger charge is -2.49. The molecule has 13 heteroatoms. The number of aliphatic carboxylic acids is 1. The summed E-state index contributed by atoms with van der Waals surface area (Å²) in [5.74, 6) is -1.94. The molecule has 4 rings (SSSR count). The van der Waals surface area contributed by atoms with Gasteiger partial charge in [0.15, 0.2) is 4.34 Å². The highest BCUT2D eigenvalue weighted by atomic mass is 32.2. The Labute approximate surface area is 194 Å². The maximum absolute atomic E-state index is 12.7. The fourth-order valence-corrected chi connectivity index (χ4v) is 6.67. The monoisotopic (exact) mass is 491 g/mol. The maximum Gasteiger partial charge on any atom is 0.353 e. The number of carboxylic acid groups (broad SMARTS) is 1. The van der Waals surface area contributed by atoms with Crippen molar-refractivity contribution < 1.29 is 24.3 Å². The molecule has 3 N–H and O–H groups in total. The van der Waals surface area contributed by atoms with E-state index in [1.54, 1.807) is 0 Å². The molecule has 0 radical (unpaired) electrons. The number of β-lactam (4-membered cyclic amide) rings is 1. The third kappa shape index (κ3) is 4.64. The summed E-state index contributed by atoms with van der Waals surface area (Å²) in [6.07, 6.45) is 0.137. The van der Waals surface area contributed by atoms with Crippen LogP contribution in [0.4, 0.5) is 5.13 Å². The number of rotatable bonds is 7. The molecule has 2 aliphatic heterocycles. The number of fused-ring (bicyclic) bond motifs is 1. The van der Waals surface area contributed by atoms with Gasteiger partial charge in [0.1, 0.15) is 17.1 Å². The number of nitrogens with zero attached hydrogens (tertiary/aromatic N) is 3. The van der Waals surface area contributed by atoms with Crippen LogP contribution in [0.5, 0.6) is 0 Å². The molecule has 166 valence electrons. The standard InChI is InChI=1S/C19H17N5O5S3/c1-9(25)20-18-22-23-19(32-18)31-11-8-30-16-13(15(27)24(16)14(11)17(28)29)21-12(26)7-10-5-3-2-4-6-10/h2-6,13,16H,7-8H2,1H3,(H,21,26)(H,28,29)(H,20,22,25)/t13-,16+/m1/s1. The van der Waals surface area contributed by atoms with Gasteiger partial charge in [-0.3, -0.25) is 19.3 Å². The van der Waals surface area contributed by atoms with Crippen LogP contribution in [0, 0.1) is 0 Å². The van der Waals surface area contributed by atoms with Gasteiger partial charge < -0.3 is 15.7 Å². The lowest BCUT2D eigenvalue weighted by molar-refractivity contribution is -0.150. The number of amides is 3. The molecule has 10 nitrogen and oxygen atoms in total. The zero-order valence-corrected chi connectivity index (χ0v) is 19.1. The number of hydrogen-bond acceptors (Lipinski definition) is 9. The van der Waals surface area contributed by atoms with Crippen LogP contribution in [0.2, 0.25) is 0 Å². The predicted molar refractivity (Wildman–Crippen MR) is 120 cm³/mol. The van der Waals surface area contributed by atoms with Crippen molar-refractivity contribution in [3.8, 4) is 0 Å². The number of aromatic nitrogens is 2. The highest BCUT2D eigenvalue weighted by Gasteiger charge is 2.54. The Morgan fingerprint density at radius 2 is 2.00 bits per heavy atom. The molecule has 1 aromatic heterocycles. The molecule has 0 bridgehead atoms. The van der Waals surface area contributed by atoms with E-state index < -0.39 is 23.3 Å². The van der Waals surface area contributed by atoms with E-state index in [2.05, 4.69) is 20.8 Å². The lowest BCUT2D eigenvalue weighted by atomic mass is 10.0. The highest BCUT2D eigenvalue weighted by Crippen LogP contribution is 2.45. The summed E-state index contributed by atoms with van der Waals surface area (Å²) < 4.78 is 0.447. The van der Waals surface area contributed by atoms with Gasteiger partial charge in [-0.2, -0.15) is 0 Å². The summed E-state index contributed by atoms with van der Waals surface area (Å²) in [6, 6.07) is 8.38. The number of carboxylic acids is 1. The van der Waals surface area contributed by atoms with Gasteiger partial charge in [-0.05, 0) is 5.56 Å². The van der Waals surface area contributed by atoms with Crippen LogP contribution in [0.25, 0.3) is 0 Å². The van der Waals surface area contributed by atoms with Crippen LogP contribution in [0.1, 0.15) is 12.5 Å². The third-order valence-corrected chi connectivity index (χ3v) is 8.00. The SMILES string of the molecule is CC(=O)Nc1nnc(SC2=C(C(=O)O)N3C(=O)[C@@H](NC(=O)Cc4ccccc4)[C@@H]3SC2)s1. The molecule has 0 unspecified atom stereocenters. The molecule has 1 saturated heterocycles. The van der Waals surface area contributed by atoms with E-state index >= 15 is 0 Å². The van der Waals surface area contributed by atoms with Crippen molar-refractivity contribution in [1.29, 1.82) is 0 Å². The second kappa shape index (κ2) is 9.30. The third-order valence-electron chi connectivity index (χ3n) is 4.56. The minimum absolute atomic E-state index is 0.117. The molecule has 2 aliphatic rings. The topological polar surface area (TPSA) is 142 Å². The number of benzene rings is 1. The van der Waals surface area contributed by atoms with Crippen molar-refractivity contribution in [2.45, 2.75) is 29.1 Å². The van der Waals surface area contributed by atoms with Crippen molar-refractivity contribution in [1.82, 2.24) is 20.4 Å². The van der Waals surface area contributed by atoms with Gasteiger partial charge in [0.05, 0.1) is 6.42 Å². The van der Waals surface area contributed by atoms with Crippen molar-refractivity contribution in [2.75, 3.05) is 11.1 Å². The maximum atomic E-state index is 12.7. The molecule has 1 aromatic carbocycles. The highest BCUT2D eigenvalue weighted by molar-refractivity contribution is 8.07. The Balaban J connectivity index is 1.46. The minimum Gasteiger partial charge on any atom is -0.477 e. The van der Waals surface area contributed by atoms with Crippen molar-refractivity contribution >= 4 is 63.7 Å². The van der Waals surface area contributed by atoms with Crippen molar-refractivity contribution in [2.24, 2.45) is 0 Å². The molecular formula is C19H17N5O5S3. The average molecular weight is 492 g/mol. The fraction of sp³-hybridized carbons (Fsp3) is 0.263. The Morgan fingerprint density at radius 3 is 2.69 bits per heavy atom. The second-order valence-electron chi connectivity index (χ2n) is 6.85. The lowest BCUT2D eigenvalue weighted by Crippen LogP contribution is -2.70. The quantitative estimate of drug-likeness (QED) is 0.388. The smallest absolute Gasteiger partial charge is 0.353 e. The van der Waals surface area contributed by atoms with Gasteiger partial charge in [0.25, 0.3) is 5.91 Å². The van der Waals surface area contributed by atoms with E-state index in [1.165, 1.54) is 23.6 Å². The molecule has 3 heterocycles. The summed E-state index contributed by atoms with van der Waals surface area (Å²) in [5.41, 5.74) is 0.707. The number of carbonyl (C=O) groups excluding carboxylic acids is 3. The largest absolute Gasteiger partial charge is 0.477 e. The van der Waals surface area contributed by atoms with Gasteiger partial charge in [-0.1, -0.05) is 53.4 Å². The average Bonchev–Trinajstić information content (AvgIpc) is 3.18. The second-order valence-corrected chi connectivity index (χ2v) is 10.3. The van der Waals surface area contributed by atoms with Crippen LogP contribution in [-0.2, 0) is 25.6 Å². The molecular weight excluding hydrogens is 474 g/mol. The first-order valence-electron chi connectivity index (χ1n) is 9.37. The van der Waals surface area contributed by atoms with E-state index in [4.69, 9.17) is 0 Å². The Bertz CT molecular complexity index is 1120. The molecule has 0 saturated carbocycles. The van der Waals surface area contributed by atoms with Crippen LogP contribution >= 0.6 is 34.9 Å². The Hall–Kier alpha value is -2.90. The van der Waals surface area contributed by atoms with Crippen LogP contribution in [0.15, 0.2) is 45.3 Å². The molecule has 1 fully saturated rings. The molecule has 3 amide bonds. The zero-order valence-electron chi connectivity index (χ0n) is 16.6. The van der Waals surface area contributed by atoms with Gasteiger partial charge in [-0.25, -0.2) is 4.79 Å². The number of hydrogen-bond donors (Lipinski definition) is 3. The summed E-state index contributed by atoms with van der Waals surface area (Å²) in [5, 5.41) is 22.6.